The van der Waals surface area contributed by atoms with Crippen LogP contribution in [0.25, 0.3) is 5.52 Å². The van der Waals surface area contributed by atoms with E-state index in [1.807, 2.05) is 0 Å². The topological polar surface area (TPSA) is 114 Å². The molecule has 0 aliphatic carbocycles. The summed E-state index contributed by atoms with van der Waals surface area (Å²) < 4.78 is 6.49. The van der Waals surface area contributed by atoms with Gasteiger partial charge in [0.15, 0.2) is 5.69 Å². The van der Waals surface area contributed by atoms with Crippen molar-refractivity contribution >= 4 is 34.6 Å². The number of carbonyl (C=O) groups is 3. The number of benzene rings is 1. The van der Waals surface area contributed by atoms with Crippen LogP contribution in [0.15, 0.2) is 48.7 Å². The summed E-state index contributed by atoms with van der Waals surface area (Å²) >= 11 is 0. The van der Waals surface area contributed by atoms with Crippen molar-refractivity contribution in [1.82, 2.24) is 14.7 Å². The van der Waals surface area contributed by atoms with Gasteiger partial charge in [0.1, 0.15) is 0 Å². The van der Waals surface area contributed by atoms with Gasteiger partial charge >= 0.3 is 0 Å². The third-order valence-electron chi connectivity index (χ3n) is 4.02. The van der Waals surface area contributed by atoms with Crippen molar-refractivity contribution in [3.63, 3.8) is 0 Å². The summed E-state index contributed by atoms with van der Waals surface area (Å²) in [7, 11) is 1.54. The molecule has 0 atom stereocenters. The zero-order chi connectivity index (χ0) is 20.8. The number of imidazole rings is 1. The van der Waals surface area contributed by atoms with Crippen molar-refractivity contribution in [2.24, 2.45) is 0 Å². The molecule has 1 aromatic carbocycles. The van der Waals surface area contributed by atoms with E-state index in [-0.39, 0.29) is 23.3 Å². The number of nitrogens with zero attached hydrogens (tertiary/aromatic N) is 2. The molecule has 0 radical (unpaired) electrons. The van der Waals surface area contributed by atoms with Gasteiger partial charge in [0.2, 0.25) is 11.7 Å². The number of fused-ring (bicyclic) bond motifs is 1. The van der Waals surface area contributed by atoms with E-state index in [9.17, 15) is 14.4 Å². The van der Waals surface area contributed by atoms with Crippen LogP contribution >= 0.6 is 0 Å². The minimum absolute atomic E-state index is 0.0865. The molecule has 29 heavy (non-hydrogen) atoms. The van der Waals surface area contributed by atoms with Crippen LogP contribution < -0.4 is 16.0 Å². The van der Waals surface area contributed by atoms with Crippen molar-refractivity contribution in [3.8, 4) is 0 Å². The van der Waals surface area contributed by atoms with E-state index in [4.69, 9.17) is 4.74 Å². The third kappa shape index (κ3) is 4.77. The molecule has 3 amide bonds. The first kappa shape index (κ1) is 20.0. The number of anilines is 2. The highest BCUT2D eigenvalue weighted by molar-refractivity contribution is 6.06. The van der Waals surface area contributed by atoms with E-state index in [0.29, 0.717) is 30.0 Å². The molecule has 3 rings (SSSR count). The van der Waals surface area contributed by atoms with Crippen LogP contribution in [-0.4, -0.2) is 47.4 Å². The highest BCUT2D eigenvalue weighted by atomic mass is 16.5. The van der Waals surface area contributed by atoms with Crippen molar-refractivity contribution in [3.05, 3.63) is 60.2 Å². The highest BCUT2D eigenvalue weighted by Crippen LogP contribution is 2.17. The Balaban J connectivity index is 1.82. The molecule has 3 aromatic rings. The number of methoxy groups -OCH3 is 1. The smallest absolute Gasteiger partial charge is 0.292 e. The van der Waals surface area contributed by atoms with Gasteiger partial charge in [-0.1, -0.05) is 6.07 Å². The lowest BCUT2D eigenvalue weighted by Crippen LogP contribution is -2.27. The molecule has 0 fully saturated rings. The van der Waals surface area contributed by atoms with Crippen LogP contribution in [0.4, 0.5) is 11.4 Å². The predicted octanol–water partition coefficient (Wildman–Crippen LogP) is 1.92. The lowest BCUT2D eigenvalue weighted by molar-refractivity contribution is -0.114. The first-order valence-corrected chi connectivity index (χ1v) is 8.93. The van der Waals surface area contributed by atoms with Gasteiger partial charge in [-0.15, -0.1) is 0 Å². The van der Waals surface area contributed by atoms with Gasteiger partial charge in [-0.05, 0) is 36.4 Å². The molecule has 3 N–H and O–H groups in total. The summed E-state index contributed by atoms with van der Waals surface area (Å²) in [5.74, 6) is -0.941. The summed E-state index contributed by atoms with van der Waals surface area (Å²) in [5.41, 5.74) is 1.83. The minimum atomic E-state index is -0.464. The van der Waals surface area contributed by atoms with Crippen LogP contribution in [0, 0.1) is 0 Å². The van der Waals surface area contributed by atoms with Gasteiger partial charge in [0.25, 0.3) is 11.8 Å². The molecule has 0 saturated carbocycles. The summed E-state index contributed by atoms with van der Waals surface area (Å²) in [6.45, 7) is 2.13. The first-order chi connectivity index (χ1) is 14.0. The van der Waals surface area contributed by atoms with E-state index in [0.717, 1.165) is 0 Å². The van der Waals surface area contributed by atoms with E-state index in [1.54, 1.807) is 60.2 Å². The Hall–Kier alpha value is -3.72. The lowest BCUT2D eigenvalue weighted by atomic mass is 10.2. The van der Waals surface area contributed by atoms with Crippen LogP contribution in [0.3, 0.4) is 0 Å². The summed E-state index contributed by atoms with van der Waals surface area (Å²) in [5, 5.41) is 8.11. The quantitative estimate of drug-likeness (QED) is 0.529. The largest absolute Gasteiger partial charge is 0.383 e. The standard InChI is InChI=1S/C20H21N5O4/c1-13(26)22-14-6-8-15(9-7-14)23-20(28)18-24-17(19(27)21-10-12-29-2)16-5-3-4-11-25(16)18/h3-9,11H,10,12H2,1-2H3,(H,21,27)(H,22,26)(H,23,28). The van der Waals surface area contributed by atoms with Crippen LogP contribution in [0.1, 0.15) is 28.0 Å². The SMILES string of the molecule is COCCNC(=O)c1nc(C(=O)Nc2ccc(NC(C)=O)cc2)n2ccccc12. The second-order valence-corrected chi connectivity index (χ2v) is 6.20. The molecule has 0 saturated heterocycles. The molecule has 0 aliphatic rings. The Morgan fingerprint density at radius 3 is 2.34 bits per heavy atom. The zero-order valence-corrected chi connectivity index (χ0v) is 16.1. The van der Waals surface area contributed by atoms with Gasteiger partial charge in [-0.25, -0.2) is 4.98 Å². The Morgan fingerprint density at radius 2 is 1.69 bits per heavy atom. The third-order valence-corrected chi connectivity index (χ3v) is 4.02. The average Bonchev–Trinajstić information content (AvgIpc) is 3.09. The van der Waals surface area contributed by atoms with E-state index in [2.05, 4.69) is 20.9 Å². The fourth-order valence-corrected chi connectivity index (χ4v) is 2.74. The van der Waals surface area contributed by atoms with Gasteiger partial charge < -0.3 is 20.7 Å². The summed E-state index contributed by atoms with van der Waals surface area (Å²) in [6, 6.07) is 11.9. The molecule has 150 valence electrons. The Morgan fingerprint density at radius 1 is 1.00 bits per heavy atom. The number of rotatable bonds is 7. The van der Waals surface area contributed by atoms with Crippen molar-refractivity contribution < 1.29 is 19.1 Å². The molecule has 0 spiro atoms. The fraction of sp³-hybridized carbons (Fsp3) is 0.200. The Labute approximate surface area is 167 Å². The highest BCUT2D eigenvalue weighted by Gasteiger charge is 2.21. The van der Waals surface area contributed by atoms with Gasteiger partial charge in [-0.2, -0.15) is 0 Å². The Bertz CT molecular complexity index is 1040. The van der Waals surface area contributed by atoms with E-state index >= 15 is 0 Å². The number of nitrogens with one attached hydrogen (secondary N) is 3. The molecule has 0 unspecified atom stereocenters. The second kappa shape index (κ2) is 8.98. The Kier molecular flexibility index (Phi) is 6.20. The lowest BCUT2D eigenvalue weighted by Gasteiger charge is -2.06. The van der Waals surface area contributed by atoms with Crippen molar-refractivity contribution in [2.75, 3.05) is 30.9 Å². The second-order valence-electron chi connectivity index (χ2n) is 6.20. The van der Waals surface area contributed by atoms with Crippen LogP contribution in [0.2, 0.25) is 0 Å². The number of hydrogen-bond acceptors (Lipinski definition) is 5. The number of pyridine rings is 1. The first-order valence-electron chi connectivity index (χ1n) is 8.93. The maximum absolute atomic E-state index is 12.8. The molecule has 9 heteroatoms. The number of hydrogen-bond donors (Lipinski definition) is 3. The average molecular weight is 395 g/mol. The van der Waals surface area contributed by atoms with Crippen molar-refractivity contribution in [1.29, 1.82) is 0 Å². The van der Waals surface area contributed by atoms with Gasteiger partial charge in [0.05, 0.1) is 12.1 Å². The number of ether oxygens (including phenoxy) is 1. The van der Waals surface area contributed by atoms with Crippen LogP contribution in [0.5, 0.6) is 0 Å². The zero-order valence-electron chi connectivity index (χ0n) is 16.1. The minimum Gasteiger partial charge on any atom is -0.383 e. The normalized spacial score (nSPS) is 10.6. The molecular weight excluding hydrogens is 374 g/mol. The van der Waals surface area contributed by atoms with Crippen molar-refractivity contribution in [2.45, 2.75) is 6.92 Å². The monoisotopic (exact) mass is 395 g/mol. The number of carbonyl (C=O) groups excluding carboxylic acids is 3. The maximum Gasteiger partial charge on any atom is 0.292 e. The number of aromatic nitrogens is 2. The van der Waals surface area contributed by atoms with Gasteiger partial charge in [-0.3, -0.25) is 18.8 Å². The molecule has 2 aromatic heterocycles. The molecule has 0 bridgehead atoms. The summed E-state index contributed by atoms with van der Waals surface area (Å²) in [6.07, 6.45) is 1.67. The fourth-order valence-electron chi connectivity index (χ4n) is 2.74. The van der Waals surface area contributed by atoms with Crippen LogP contribution in [-0.2, 0) is 9.53 Å². The van der Waals surface area contributed by atoms with Gasteiger partial charge in [0, 0.05) is 38.1 Å². The number of amides is 3. The molecule has 9 nitrogen and oxygen atoms in total. The van der Waals surface area contributed by atoms with E-state index in [1.165, 1.54) is 6.92 Å². The van der Waals surface area contributed by atoms with E-state index < -0.39 is 5.91 Å². The molecular formula is C20H21N5O4. The molecule has 2 heterocycles. The maximum atomic E-state index is 12.8. The summed E-state index contributed by atoms with van der Waals surface area (Å²) in [4.78, 5) is 40.6. The predicted molar refractivity (Wildman–Crippen MR) is 108 cm³/mol. The molecule has 0 aliphatic heterocycles.